The molecule has 0 saturated carbocycles. The second-order valence-corrected chi connectivity index (χ2v) is 7.10. The number of carbonyl (C=O) groups excluding carboxylic acids is 2. The quantitative estimate of drug-likeness (QED) is 0.906. The van der Waals surface area contributed by atoms with Gasteiger partial charge in [-0.05, 0) is 31.7 Å². The Labute approximate surface area is 152 Å². The molecule has 4 rings (SSSR count). The highest BCUT2D eigenvalue weighted by atomic mass is 16.5. The summed E-state index contributed by atoms with van der Waals surface area (Å²) < 4.78 is 5.14. The van der Waals surface area contributed by atoms with Gasteiger partial charge in [0.1, 0.15) is 5.54 Å². The van der Waals surface area contributed by atoms with E-state index in [1.807, 2.05) is 29.2 Å². The number of benzene rings is 1. The number of likely N-dealkylation sites (tertiary alicyclic amines) is 2. The molecule has 2 aromatic rings. The highest BCUT2D eigenvalue weighted by Gasteiger charge is 2.53. The number of aromatic nitrogens is 2. The number of methoxy groups -OCH3 is 1. The number of fused-ring (bicyclic) bond motifs is 1. The molecule has 7 heteroatoms. The van der Waals surface area contributed by atoms with Crippen LogP contribution in [-0.4, -0.2) is 70.7 Å². The number of amides is 2. The summed E-state index contributed by atoms with van der Waals surface area (Å²) in [6, 6.07) is 7.59. The van der Waals surface area contributed by atoms with E-state index < -0.39 is 5.54 Å². The van der Waals surface area contributed by atoms with Gasteiger partial charge in [-0.25, -0.2) is 0 Å². The largest absolute Gasteiger partial charge is 0.383 e. The Morgan fingerprint density at radius 2 is 2.04 bits per heavy atom. The molecule has 1 spiro atoms. The van der Waals surface area contributed by atoms with Crippen LogP contribution in [0.1, 0.15) is 36.2 Å². The predicted octanol–water partition coefficient (Wildman–Crippen LogP) is 1.81. The fourth-order valence-electron chi connectivity index (χ4n) is 4.39. The van der Waals surface area contributed by atoms with Gasteiger partial charge in [0.05, 0.1) is 12.1 Å². The summed E-state index contributed by atoms with van der Waals surface area (Å²) in [5.41, 5.74) is 0.521. The molecule has 1 aromatic heterocycles. The van der Waals surface area contributed by atoms with E-state index in [9.17, 15) is 9.59 Å². The van der Waals surface area contributed by atoms with E-state index in [-0.39, 0.29) is 11.8 Å². The van der Waals surface area contributed by atoms with Crippen LogP contribution in [0.3, 0.4) is 0 Å². The molecule has 138 valence electrons. The first kappa shape index (κ1) is 17.0. The van der Waals surface area contributed by atoms with Crippen LogP contribution in [0.15, 0.2) is 24.3 Å². The molecule has 3 heterocycles. The van der Waals surface area contributed by atoms with E-state index in [0.717, 1.165) is 43.1 Å². The van der Waals surface area contributed by atoms with Crippen molar-refractivity contribution >= 4 is 22.7 Å². The molecule has 26 heavy (non-hydrogen) atoms. The monoisotopic (exact) mass is 356 g/mol. The van der Waals surface area contributed by atoms with Crippen LogP contribution < -0.4 is 0 Å². The minimum atomic E-state index is -0.719. The number of carbonyl (C=O) groups is 2. The van der Waals surface area contributed by atoms with Crippen LogP contribution in [0.4, 0.5) is 0 Å². The normalized spacial score (nSPS) is 23.3. The summed E-state index contributed by atoms with van der Waals surface area (Å²) in [5, 5.41) is 7.98. The highest BCUT2D eigenvalue weighted by Crippen LogP contribution is 2.39. The van der Waals surface area contributed by atoms with Gasteiger partial charge in [-0.2, -0.15) is 5.10 Å². The molecular formula is C19H24N4O3. The molecule has 1 atom stereocenters. The highest BCUT2D eigenvalue weighted by molar-refractivity contribution is 6.07. The molecule has 2 fully saturated rings. The van der Waals surface area contributed by atoms with Gasteiger partial charge in [-0.1, -0.05) is 18.2 Å². The minimum absolute atomic E-state index is 0.0616. The fourth-order valence-corrected chi connectivity index (χ4v) is 4.39. The van der Waals surface area contributed by atoms with Crippen LogP contribution >= 0.6 is 0 Å². The first-order chi connectivity index (χ1) is 12.7. The number of piperidine rings is 1. The SMILES string of the molecule is COCCN1CCCC2(CCCN2C(=O)c2n[nH]c3ccccc23)C1=O. The van der Waals surface area contributed by atoms with E-state index in [2.05, 4.69) is 10.2 Å². The van der Waals surface area contributed by atoms with Crippen molar-refractivity contribution in [3.05, 3.63) is 30.0 Å². The van der Waals surface area contributed by atoms with E-state index >= 15 is 0 Å². The molecule has 1 N–H and O–H groups in total. The van der Waals surface area contributed by atoms with Gasteiger partial charge >= 0.3 is 0 Å². The molecule has 7 nitrogen and oxygen atoms in total. The van der Waals surface area contributed by atoms with Crippen LogP contribution in [0.25, 0.3) is 10.9 Å². The smallest absolute Gasteiger partial charge is 0.275 e. The van der Waals surface area contributed by atoms with Gasteiger partial charge in [-0.3, -0.25) is 14.7 Å². The molecule has 0 radical (unpaired) electrons. The maximum absolute atomic E-state index is 13.3. The third kappa shape index (κ3) is 2.58. The van der Waals surface area contributed by atoms with Crippen LogP contribution in [-0.2, 0) is 9.53 Å². The second-order valence-electron chi connectivity index (χ2n) is 7.10. The maximum atomic E-state index is 13.3. The molecule has 0 bridgehead atoms. The van der Waals surface area contributed by atoms with E-state index in [1.165, 1.54) is 0 Å². The predicted molar refractivity (Wildman–Crippen MR) is 96.8 cm³/mol. The van der Waals surface area contributed by atoms with Crippen LogP contribution in [0.2, 0.25) is 0 Å². The molecule has 1 aromatic carbocycles. The Morgan fingerprint density at radius 1 is 1.27 bits per heavy atom. The Balaban J connectivity index is 1.65. The number of ether oxygens (including phenoxy) is 1. The Hall–Kier alpha value is -2.41. The lowest BCUT2D eigenvalue weighted by Crippen LogP contribution is -2.61. The van der Waals surface area contributed by atoms with Crippen molar-refractivity contribution in [1.82, 2.24) is 20.0 Å². The van der Waals surface area contributed by atoms with Gasteiger partial charge in [0, 0.05) is 32.1 Å². The fraction of sp³-hybridized carbons (Fsp3) is 0.526. The van der Waals surface area contributed by atoms with Crippen molar-refractivity contribution in [2.75, 3.05) is 33.4 Å². The molecule has 0 aliphatic carbocycles. The Bertz CT molecular complexity index is 833. The van der Waals surface area contributed by atoms with Gasteiger partial charge in [0.25, 0.3) is 5.91 Å². The van der Waals surface area contributed by atoms with Gasteiger partial charge in [0.15, 0.2) is 5.69 Å². The number of nitrogens with zero attached hydrogens (tertiary/aromatic N) is 3. The summed E-state index contributed by atoms with van der Waals surface area (Å²) >= 11 is 0. The van der Waals surface area contributed by atoms with Crippen LogP contribution in [0, 0.1) is 0 Å². The number of hydrogen-bond acceptors (Lipinski definition) is 4. The lowest BCUT2D eigenvalue weighted by molar-refractivity contribution is -0.146. The minimum Gasteiger partial charge on any atom is -0.383 e. The van der Waals surface area contributed by atoms with E-state index in [0.29, 0.717) is 25.4 Å². The summed E-state index contributed by atoms with van der Waals surface area (Å²) in [5.74, 6) is -0.0895. The summed E-state index contributed by atoms with van der Waals surface area (Å²) in [7, 11) is 1.64. The topological polar surface area (TPSA) is 78.5 Å². The zero-order valence-corrected chi connectivity index (χ0v) is 15.0. The summed E-state index contributed by atoms with van der Waals surface area (Å²) in [6.07, 6.45) is 3.20. The average molecular weight is 356 g/mol. The van der Waals surface area contributed by atoms with Crippen molar-refractivity contribution in [3.8, 4) is 0 Å². The van der Waals surface area contributed by atoms with Gasteiger partial charge in [0.2, 0.25) is 5.91 Å². The number of para-hydroxylation sites is 1. The average Bonchev–Trinajstić information content (AvgIpc) is 3.27. The van der Waals surface area contributed by atoms with Gasteiger partial charge in [-0.15, -0.1) is 0 Å². The first-order valence-electron chi connectivity index (χ1n) is 9.21. The third-order valence-corrected chi connectivity index (χ3v) is 5.68. The number of nitrogens with one attached hydrogen (secondary N) is 1. The zero-order chi connectivity index (χ0) is 18.1. The van der Waals surface area contributed by atoms with Crippen molar-refractivity contribution < 1.29 is 14.3 Å². The number of rotatable bonds is 4. The van der Waals surface area contributed by atoms with Crippen molar-refractivity contribution in [2.24, 2.45) is 0 Å². The summed E-state index contributed by atoms with van der Waals surface area (Å²) in [4.78, 5) is 30.2. The standard InChI is InChI=1S/C19H24N4O3/c1-26-13-12-22-10-4-8-19(18(22)25)9-5-11-23(19)17(24)16-14-6-2-3-7-15(14)20-21-16/h2-3,6-7H,4-5,8-13H2,1H3,(H,20,21). The maximum Gasteiger partial charge on any atom is 0.275 e. The number of aromatic amines is 1. The lowest BCUT2D eigenvalue weighted by Gasteiger charge is -2.44. The molecule has 2 amide bonds. The molecule has 2 saturated heterocycles. The Morgan fingerprint density at radius 3 is 2.85 bits per heavy atom. The molecule has 1 unspecified atom stereocenters. The molecule has 2 aliphatic rings. The van der Waals surface area contributed by atoms with Crippen LogP contribution in [0.5, 0.6) is 0 Å². The number of hydrogen-bond donors (Lipinski definition) is 1. The van der Waals surface area contributed by atoms with E-state index in [4.69, 9.17) is 4.74 Å². The zero-order valence-electron chi connectivity index (χ0n) is 15.0. The van der Waals surface area contributed by atoms with Crippen molar-refractivity contribution in [2.45, 2.75) is 31.2 Å². The number of H-pyrrole nitrogens is 1. The molecular weight excluding hydrogens is 332 g/mol. The van der Waals surface area contributed by atoms with Crippen molar-refractivity contribution in [3.63, 3.8) is 0 Å². The summed E-state index contributed by atoms with van der Waals surface area (Å²) in [6.45, 7) is 2.42. The van der Waals surface area contributed by atoms with Crippen molar-refractivity contribution in [1.29, 1.82) is 0 Å². The molecule has 2 aliphatic heterocycles. The first-order valence-corrected chi connectivity index (χ1v) is 9.21. The van der Waals surface area contributed by atoms with E-state index in [1.54, 1.807) is 12.0 Å². The lowest BCUT2D eigenvalue weighted by atomic mass is 9.85. The second kappa shape index (κ2) is 6.72. The van der Waals surface area contributed by atoms with Gasteiger partial charge < -0.3 is 14.5 Å². The Kier molecular flexibility index (Phi) is 4.40. The third-order valence-electron chi connectivity index (χ3n) is 5.68.